The Morgan fingerprint density at radius 3 is 1.67 bits per heavy atom. The fraction of sp³-hybridized carbons (Fsp3) is 0. The van der Waals surface area contributed by atoms with Crippen molar-refractivity contribution < 1.29 is 1.43 Å². The predicted octanol–water partition coefficient (Wildman–Crippen LogP) is -3.13. The van der Waals surface area contributed by atoms with Crippen molar-refractivity contribution in [2.24, 2.45) is 0 Å². The summed E-state index contributed by atoms with van der Waals surface area (Å²) in [5, 5.41) is 7.32. The van der Waals surface area contributed by atoms with Crippen LogP contribution < -0.4 is 0 Å². The third-order valence-electron chi connectivity index (χ3n) is 0. The van der Waals surface area contributed by atoms with E-state index in [4.69, 9.17) is 5.26 Å². The van der Waals surface area contributed by atoms with Crippen LogP contribution in [0.3, 0.4) is 0 Å². The van der Waals surface area contributed by atoms with Gasteiger partial charge in [-0.3, -0.25) is 0 Å². The molecule has 6 heavy (non-hydrogen) atoms. The standard InChI is InChI=1S/CH2BN.Al.Li.Na.H2.5H/c2-1-3;;;;;;;;;/h2H2;;;;1H;;;;;. The Labute approximate surface area is 85.4 Å². The number of nitriles is 1. The second-order valence-electron chi connectivity index (χ2n) is 0.224. The molecular formula is CH9AlBLiNNa. The van der Waals surface area contributed by atoms with Gasteiger partial charge in [0.1, 0.15) is 0 Å². The molecule has 0 radical (unpaired) electrons. The molecule has 0 aromatic rings. The summed E-state index contributed by atoms with van der Waals surface area (Å²) in [7, 11) is 1.43. The van der Waals surface area contributed by atoms with Crippen LogP contribution in [0.15, 0.2) is 0 Å². The molecule has 0 spiro atoms. The summed E-state index contributed by atoms with van der Waals surface area (Å²) in [5.41, 5.74) is 0. The zero-order chi connectivity index (χ0) is 2.71. The van der Waals surface area contributed by atoms with Gasteiger partial charge in [0.25, 0.3) is 0 Å². The minimum absolute atomic E-state index is 0. The number of hydrogen-bond donors (Lipinski definition) is 0. The predicted molar refractivity (Wildman–Crippen MR) is 40.5 cm³/mol. The Hall–Kier alpha value is 1.68. The summed E-state index contributed by atoms with van der Waals surface area (Å²) >= 11 is 0. The molecule has 0 unspecified atom stereocenters. The molecule has 0 aliphatic carbocycles. The van der Waals surface area contributed by atoms with E-state index in [0.717, 1.165) is 0 Å². The molecule has 5 heteroatoms. The van der Waals surface area contributed by atoms with Gasteiger partial charge in [0.2, 0.25) is 7.85 Å². The van der Waals surface area contributed by atoms with Gasteiger partial charge in [-0.2, -0.15) is 0 Å². The van der Waals surface area contributed by atoms with Crippen LogP contribution in [-0.4, -0.2) is 73.6 Å². The normalized spacial score (nSPS) is 1.17. The van der Waals surface area contributed by atoms with Crippen molar-refractivity contribution in [3.63, 3.8) is 0 Å². The van der Waals surface area contributed by atoms with E-state index < -0.39 is 0 Å². The van der Waals surface area contributed by atoms with Crippen molar-refractivity contribution in [3.05, 3.63) is 0 Å². The van der Waals surface area contributed by atoms with Crippen LogP contribution in [0.5, 0.6) is 0 Å². The van der Waals surface area contributed by atoms with Crippen molar-refractivity contribution in [2.45, 2.75) is 0 Å². The van der Waals surface area contributed by atoms with E-state index in [1.807, 2.05) is 0 Å². The third kappa shape index (κ3) is 44.0. The van der Waals surface area contributed by atoms with Crippen LogP contribution in [0.2, 0.25) is 0 Å². The number of hydrogen-bond acceptors (Lipinski definition) is 1. The molecule has 0 aliphatic rings. The molecule has 0 saturated carbocycles. The summed E-state index contributed by atoms with van der Waals surface area (Å²) in [6, 6.07) is 0. The van der Waals surface area contributed by atoms with Gasteiger partial charge < -0.3 is 0 Å². The maximum absolute atomic E-state index is 7.32. The molecule has 0 N–H and O–H groups in total. The molecule has 26 valence electrons. The van der Waals surface area contributed by atoms with Gasteiger partial charge in [-0.25, -0.2) is 5.26 Å². The molecule has 0 atom stereocenters. The first kappa shape index (κ1) is 25.3. The van der Waals surface area contributed by atoms with Crippen LogP contribution in [0.1, 0.15) is 1.43 Å². The van der Waals surface area contributed by atoms with Crippen LogP contribution in [0.4, 0.5) is 0 Å². The number of nitrogens with zero attached hydrogens (tertiary/aromatic N) is 1. The zero-order valence-electron chi connectivity index (χ0n) is 1.95. The topological polar surface area (TPSA) is 23.8 Å². The first-order valence-corrected chi connectivity index (χ1v) is 0.724. The first-order chi connectivity index (χ1) is 1.41. The van der Waals surface area contributed by atoms with Gasteiger partial charge in [-0.05, 0) is 5.97 Å². The Kier molecular flexibility index (Phi) is 126. The van der Waals surface area contributed by atoms with Crippen LogP contribution in [-0.2, 0) is 0 Å². The third-order valence-corrected chi connectivity index (χ3v) is 0. The van der Waals surface area contributed by atoms with Gasteiger partial charge in [0, 0.05) is 1.43 Å². The van der Waals surface area contributed by atoms with Crippen molar-refractivity contribution in [1.29, 1.82) is 5.26 Å². The average Bonchev–Trinajstić information content (AvgIpc) is 0.918. The minimum atomic E-state index is 0. The van der Waals surface area contributed by atoms with E-state index in [1.54, 1.807) is 5.97 Å². The molecule has 0 aromatic heterocycles. The van der Waals surface area contributed by atoms with Crippen LogP contribution in [0, 0.1) is 11.2 Å². The molecule has 0 rings (SSSR count). The van der Waals surface area contributed by atoms with E-state index in [-0.39, 0.29) is 67.2 Å². The first-order valence-electron chi connectivity index (χ1n) is 0.724. The summed E-state index contributed by atoms with van der Waals surface area (Å²) in [4.78, 5) is 0. The fourth-order valence-electron chi connectivity index (χ4n) is 0. The average molecular weight is 103 g/mol. The Balaban J connectivity index is -0.00000000333. The molecule has 0 bridgehead atoms. The summed E-state index contributed by atoms with van der Waals surface area (Å²) in [6.45, 7) is 0. The molecule has 0 amide bonds. The second kappa shape index (κ2) is 30.0. The molecule has 1 nitrogen and oxygen atoms in total. The summed E-state index contributed by atoms with van der Waals surface area (Å²) in [5.74, 6) is 1.75. The molecular weight excluding hydrogens is 93.7 g/mol. The van der Waals surface area contributed by atoms with E-state index in [2.05, 4.69) is 0 Å². The summed E-state index contributed by atoms with van der Waals surface area (Å²) in [6.07, 6.45) is 0. The quantitative estimate of drug-likeness (QED) is 0.297. The maximum atomic E-state index is 7.32. The molecule has 0 saturated heterocycles. The van der Waals surface area contributed by atoms with Crippen LogP contribution >= 0.6 is 0 Å². The van der Waals surface area contributed by atoms with E-state index in [0.29, 0.717) is 0 Å². The van der Waals surface area contributed by atoms with Gasteiger partial charge in [0.05, 0.1) is 0 Å². The monoisotopic (exact) mass is 103 g/mol. The van der Waals surface area contributed by atoms with Gasteiger partial charge in [-0.15, -0.1) is 0 Å². The molecule has 0 aliphatic heterocycles. The van der Waals surface area contributed by atoms with Crippen LogP contribution in [0.25, 0.3) is 0 Å². The van der Waals surface area contributed by atoms with E-state index >= 15 is 0 Å². The van der Waals surface area contributed by atoms with E-state index in [9.17, 15) is 0 Å². The van der Waals surface area contributed by atoms with Gasteiger partial charge in [0.15, 0.2) is 17.4 Å². The Morgan fingerprint density at radius 1 is 1.67 bits per heavy atom. The van der Waals surface area contributed by atoms with Crippen molar-refractivity contribution >= 4 is 73.6 Å². The van der Waals surface area contributed by atoms with Crippen molar-refractivity contribution in [1.82, 2.24) is 0 Å². The zero-order valence-corrected chi connectivity index (χ0v) is 1.95. The molecule has 0 fully saturated rings. The van der Waals surface area contributed by atoms with Crippen molar-refractivity contribution in [3.8, 4) is 5.97 Å². The van der Waals surface area contributed by atoms with Gasteiger partial charge >= 0.3 is 48.4 Å². The molecule has 0 aromatic carbocycles. The Bertz CT molecular complexity index is 41.2. The molecule has 0 heterocycles. The van der Waals surface area contributed by atoms with E-state index in [1.165, 1.54) is 7.85 Å². The number of rotatable bonds is 0. The van der Waals surface area contributed by atoms with Crippen molar-refractivity contribution in [2.75, 3.05) is 0 Å². The van der Waals surface area contributed by atoms with Gasteiger partial charge in [-0.1, -0.05) is 0 Å². The second-order valence-corrected chi connectivity index (χ2v) is 0.224. The fourth-order valence-corrected chi connectivity index (χ4v) is 0. The SMILES string of the molecule is BC#N.[AlH3].[HH].[LiH].[NaH]. The Morgan fingerprint density at radius 2 is 1.67 bits per heavy atom. The summed E-state index contributed by atoms with van der Waals surface area (Å²) < 4.78 is 0.